The molecule has 1 saturated heterocycles. The number of nitrogens with one attached hydrogen (secondary N) is 1. The smallest absolute Gasteiger partial charge is 0.317 e. The van der Waals surface area contributed by atoms with Gasteiger partial charge < -0.3 is 15.0 Å². The van der Waals surface area contributed by atoms with Gasteiger partial charge in [-0.1, -0.05) is 17.7 Å². The molecule has 0 aliphatic carbocycles. The number of hydrogen-bond acceptors (Lipinski definition) is 4. The van der Waals surface area contributed by atoms with Crippen LogP contribution in [0.5, 0.6) is 0 Å². The van der Waals surface area contributed by atoms with E-state index in [1.54, 1.807) is 29.2 Å². The fraction of sp³-hybridized carbons (Fsp3) is 0.611. The third kappa shape index (κ3) is 5.69. The minimum Gasteiger partial charge on any atom is -0.379 e. The quantitative estimate of drug-likeness (QED) is 0.729. The maximum Gasteiger partial charge on any atom is 0.317 e. The Bertz CT molecular complexity index is 681. The highest BCUT2D eigenvalue weighted by Gasteiger charge is 2.29. The van der Waals surface area contributed by atoms with Crippen molar-refractivity contribution in [3.8, 4) is 0 Å². The molecule has 1 heterocycles. The van der Waals surface area contributed by atoms with Gasteiger partial charge in [-0.25, -0.2) is 13.2 Å². The first kappa shape index (κ1) is 20.7. The van der Waals surface area contributed by atoms with Crippen LogP contribution < -0.4 is 5.32 Å². The number of sulfonamides is 1. The lowest BCUT2D eigenvalue weighted by Gasteiger charge is -2.34. The highest BCUT2D eigenvalue weighted by molar-refractivity contribution is 7.89. The van der Waals surface area contributed by atoms with Gasteiger partial charge in [-0.15, -0.1) is 0 Å². The Balaban J connectivity index is 1.79. The van der Waals surface area contributed by atoms with Crippen LogP contribution in [0.15, 0.2) is 29.2 Å². The summed E-state index contributed by atoms with van der Waals surface area (Å²) in [6.07, 6.45) is 0.945. The molecule has 0 aromatic heterocycles. The van der Waals surface area contributed by atoms with Crippen LogP contribution in [-0.4, -0.2) is 69.1 Å². The van der Waals surface area contributed by atoms with E-state index in [-0.39, 0.29) is 12.1 Å². The Labute approximate surface area is 156 Å². The molecule has 1 N–H and O–H groups in total. The van der Waals surface area contributed by atoms with Crippen LogP contribution >= 0.6 is 0 Å². The summed E-state index contributed by atoms with van der Waals surface area (Å²) in [6, 6.07) is 6.69. The molecule has 1 fully saturated rings. The number of benzene rings is 1. The van der Waals surface area contributed by atoms with E-state index >= 15 is 0 Å². The van der Waals surface area contributed by atoms with Gasteiger partial charge in [0.2, 0.25) is 10.0 Å². The van der Waals surface area contributed by atoms with E-state index in [9.17, 15) is 13.2 Å². The minimum atomic E-state index is -3.50. The number of amides is 2. The molecule has 7 nitrogen and oxygen atoms in total. The van der Waals surface area contributed by atoms with Crippen molar-refractivity contribution in [3.63, 3.8) is 0 Å². The number of hydrogen-bond donors (Lipinski definition) is 1. The molecule has 1 aliphatic heterocycles. The Kier molecular flexibility index (Phi) is 7.43. The van der Waals surface area contributed by atoms with Crippen molar-refractivity contribution < 1.29 is 17.9 Å². The van der Waals surface area contributed by atoms with E-state index < -0.39 is 10.0 Å². The number of rotatable bonds is 7. The summed E-state index contributed by atoms with van der Waals surface area (Å²) in [5, 5.41) is 2.86. The molecule has 0 bridgehead atoms. The summed E-state index contributed by atoms with van der Waals surface area (Å²) < 4.78 is 32.2. The maximum absolute atomic E-state index is 12.7. The molecular formula is C18H29N3O4S. The number of urea groups is 1. The van der Waals surface area contributed by atoms with Crippen molar-refractivity contribution in [2.75, 3.05) is 39.3 Å². The van der Waals surface area contributed by atoms with Gasteiger partial charge in [0.1, 0.15) is 0 Å². The average molecular weight is 384 g/mol. The summed E-state index contributed by atoms with van der Waals surface area (Å²) in [5.41, 5.74) is 1.02. The maximum atomic E-state index is 12.7. The molecule has 1 aromatic rings. The van der Waals surface area contributed by atoms with Gasteiger partial charge in [-0.2, -0.15) is 4.31 Å². The lowest BCUT2D eigenvalue weighted by Crippen LogP contribution is -2.53. The van der Waals surface area contributed by atoms with Gasteiger partial charge in [0.25, 0.3) is 0 Å². The fourth-order valence-corrected chi connectivity index (χ4v) is 4.11. The van der Waals surface area contributed by atoms with Crippen LogP contribution in [0.25, 0.3) is 0 Å². The summed E-state index contributed by atoms with van der Waals surface area (Å²) in [4.78, 5) is 14.1. The van der Waals surface area contributed by atoms with Crippen molar-refractivity contribution in [3.05, 3.63) is 29.8 Å². The monoisotopic (exact) mass is 383 g/mol. The van der Waals surface area contributed by atoms with Crippen LogP contribution in [0.1, 0.15) is 25.8 Å². The highest BCUT2D eigenvalue weighted by Crippen LogP contribution is 2.18. The zero-order chi connectivity index (χ0) is 19.2. The van der Waals surface area contributed by atoms with Crippen molar-refractivity contribution >= 4 is 16.1 Å². The zero-order valence-corrected chi connectivity index (χ0v) is 16.6. The predicted molar refractivity (Wildman–Crippen MR) is 101 cm³/mol. The molecule has 1 aliphatic rings. The molecule has 8 heteroatoms. The number of carbonyl (C=O) groups excluding carboxylic acids is 1. The highest BCUT2D eigenvalue weighted by atomic mass is 32.2. The first-order chi connectivity index (χ1) is 12.3. The summed E-state index contributed by atoms with van der Waals surface area (Å²) >= 11 is 0. The molecule has 0 atom stereocenters. The third-order valence-electron chi connectivity index (χ3n) is 4.23. The minimum absolute atomic E-state index is 0.151. The Morgan fingerprint density at radius 1 is 1.15 bits per heavy atom. The van der Waals surface area contributed by atoms with Gasteiger partial charge in [0, 0.05) is 39.3 Å². The van der Waals surface area contributed by atoms with E-state index in [4.69, 9.17) is 4.74 Å². The molecule has 0 spiro atoms. The Morgan fingerprint density at radius 3 is 2.35 bits per heavy atom. The number of aryl methyl sites for hydroxylation is 1. The molecule has 2 rings (SSSR count). The second-order valence-corrected chi connectivity index (χ2v) is 8.65. The van der Waals surface area contributed by atoms with E-state index in [0.29, 0.717) is 44.2 Å². The molecule has 1 aromatic carbocycles. The normalized spacial score (nSPS) is 16.1. The second-order valence-electron chi connectivity index (χ2n) is 6.71. The van der Waals surface area contributed by atoms with Crippen LogP contribution in [0.3, 0.4) is 0 Å². The van der Waals surface area contributed by atoms with Gasteiger partial charge in [0.05, 0.1) is 11.0 Å². The number of nitrogens with zero attached hydrogens (tertiary/aromatic N) is 2. The number of carbonyl (C=O) groups is 1. The molecule has 0 unspecified atom stereocenters. The average Bonchev–Trinajstić information content (AvgIpc) is 2.61. The van der Waals surface area contributed by atoms with Crippen LogP contribution in [0, 0.1) is 6.92 Å². The van der Waals surface area contributed by atoms with E-state index in [1.165, 1.54) is 4.31 Å². The predicted octanol–water partition coefficient (Wildman–Crippen LogP) is 1.83. The van der Waals surface area contributed by atoms with E-state index in [2.05, 4.69) is 5.32 Å². The Morgan fingerprint density at radius 2 is 1.77 bits per heavy atom. The van der Waals surface area contributed by atoms with Crippen molar-refractivity contribution in [1.29, 1.82) is 0 Å². The first-order valence-electron chi connectivity index (χ1n) is 9.02. The molecular weight excluding hydrogens is 354 g/mol. The van der Waals surface area contributed by atoms with Gasteiger partial charge >= 0.3 is 6.03 Å². The molecule has 2 amide bonds. The number of piperazine rings is 1. The van der Waals surface area contributed by atoms with Crippen LogP contribution in [-0.2, 0) is 14.8 Å². The van der Waals surface area contributed by atoms with Crippen molar-refractivity contribution in [2.45, 2.75) is 38.2 Å². The van der Waals surface area contributed by atoms with Gasteiger partial charge in [0.15, 0.2) is 0 Å². The van der Waals surface area contributed by atoms with Crippen LogP contribution in [0.2, 0.25) is 0 Å². The second kappa shape index (κ2) is 9.34. The van der Waals surface area contributed by atoms with Crippen LogP contribution in [0.4, 0.5) is 4.79 Å². The summed E-state index contributed by atoms with van der Waals surface area (Å²) in [7, 11) is -3.50. The first-order valence-corrected chi connectivity index (χ1v) is 10.5. The zero-order valence-electron chi connectivity index (χ0n) is 15.8. The summed E-state index contributed by atoms with van der Waals surface area (Å²) in [6.45, 7) is 8.42. The van der Waals surface area contributed by atoms with Crippen molar-refractivity contribution in [2.24, 2.45) is 0 Å². The van der Waals surface area contributed by atoms with Gasteiger partial charge in [-0.05, 0) is 39.3 Å². The number of ether oxygens (including phenoxy) is 1. The molecule has 146 valence electrons. The lowest BCUT2D eigenvalue weighted by atomic mass is 10.2. The largest absolute Gasteiger partial charge is 0.379 e. The molecule has 26 heavy (non-hydrogen) atoms. The topological polar surface area (TPSA) is 79.0 Å². The van der Waals surface area contributed by atoms with Gasteiger partial charge in [-0.3, -0.25) is 0 Å². The molecule has 0 radical (unpaired) electrons. The standard InChI is InChI=1S/C18H29N3O4S/c1-15(2)25-14-4-9-19-18(22)20-10-12-21(13-11-20)26(23,24)17-7-5-16(3)6-8-17/h5-8,15H,4,9-14H2,1-3H3,(H,19,22). The lowest BCUT2D eigenvalue weighted by molar-refractivity contribution is 0.0770. The van der Waals surface area contributed by atoms with E-state index in [1.807, 2.05) is 20.8 Å². The fourth-order valence-electron chi connectivity index (χ4n) is 2.69. The molecule has 0 saturated carbocycles. The third-order valence-corrected chi connectivity index (χ3v) is 6.15. The summed E-state index contributed by atoms with van der Waals surface area (Å²) in [5.74, 6) is 0. The Hall–Kier alpha value is -1.64. The SMILES string of the molecule is Cc1ccc(S(=O)(=O)N2CCN(C(=O)NCCCOC(C)C)CC2)cc1. The van der Waals surface area contributed by atoms with Crippen molar-refractivity contribution in [1.82, 2.24) is 14.5 Å². The van der Waals surface area contributed by atoms with E-state index in [0.717, 1.165) is 12.0 Å².